The Balaban J connectivity index is 2.72. The molecule has 1 heterocycles. The van der Waals surface area contributed by atoms with Gasteiger partial charge >= 0.3 is 0 Å². The van der Waals surface area contributed by atoms with Crippen LogP contribution in [0.4, 0.5) is 0 Å². The van der Waals surface area contributed by atoms with E-state index < -0.39 is 0 Å². The highest BCUT2D eigenvalue weighted by Crippen LogP contribution is 2.06. The van der Waals surface area contributed by atoms with Crippen molar-refractivity contribution in [3.8, 4) is 0 Å². The van der Waals surface area contributed by atoms with Crippen LogP contribution in [0.1, 0.15) is 17.8 Å². The number of nitrogens with two attached hydrogens (primary N) is 1. The van der Waals surface area contributed by atoms with Gasteiger partial charge in [-0.3, -0.25) is 0 Å². The fourth-order valence-corrected chi connectivity index (χ4v) is 0.795. The number of nitrogens with one attached hydrogen (secondary N) is 1. The van der Waals surface area contributed by atoms with Crippen LogP contribution in [0.2, 0.25) is 0 Å². The van der Waals surface area contributed by atoms with Crippen molar-refractivity contribution in [1.82, 2.24) is 15.5 Å². The van der Waals surface area contributed by atoms with Crippen molar-refractivity contribution >= 4 is 0 Å². The van der Waals surface area contributed by atoms with Gasteiger partial charge in [-0.15, -0.1) is 0 Å². The third-order valence-electron chi connectivity index (χ3n) is 1.50. The van der Waals surface area contributed by atoms with Crippen molar-refractivity contribution in [2.24, 2.45) is 5.73 Å². The molecule has 1 aromatic rings. The first-order valence-corrected chi connectivity index (χ1v) is 3.62. The third kappa shape index (κ3) is 1.79. The highest BCUT2D eigenvalue weighted by Gasteiger charge is 2.14. The molecule has 68 valence electrons. The summed E-state index contributed by atoms with van der Waals surface area (Å²) in [6.07, 6.45) is 0. The summed E-state index contributed by atoms with van der Waals surface area (Å²) in [4.78, 5) is 3.95. The molecule has 0 spiro atoms. The fraction of sp³-hybridized carbons (Fsp3) is 0.667. The van der Waals surface area contributed by atoms with E-state index >= 15 is 0 Å². The highest BCUT2D eigenvalue weighted by atomic mass is 16.5. The monoisotopic (exact) mass is 172 g/mol. The van der Waals surface area contributed by atoms with Crippen molar-refractivity contribution in [2.45, 2.75) is 12.6 Å². The minimum Gasteiger partial charge on any atom is -0.394 e. The van der Waals surface area contributed by atoms with E-state index in [2.05, 4.69) is 15.5 Å². The van der Waals surface area contributed by atoms with Gasteiger partial charge in [0.25, 0.3) is 0 Å². The Morgan fingerprint density at radius 1 is 1.75 bits per heavy atom. The topological polar surface area (TPSA) is 97.2 Å². The first kappa shape index (κ1) is 9.11. The molecule has 6 nitrogen and oxygen atoms in total. The minimum atomic E-state index is -0.283. The summed E-state index contributed by atoms with van der Waals surface area (Å²) in [5, 5.41) is 15.3. The van der Waals surface area contributed by atoms with E-state index in [0.29, 0.717) is 11.7 Å². The molecular weight excluding hydrogens is 160 g/mol. The molecule has 1 atom stereocenters. The van der Waals surface area contributed by atoms with Gasteiger partial charge in [-0.1, -0.05) is 5.16 Å². The normalized spacial score (nSPS) is 13.2. The number of rotatable bonds is 4. The van der Waals surface area contributed by atoms with Crippen LogP contribution in [-0.4, -0.2) is 28.9 Å². The largest absolute Gasteiger partial charge is 0.394 e. The van der Waals surface area contributed by atoms with Crippen molar-refractivity contribution in [2.75, 3.05) is 13.7 Å². The van der Waals surface area contributed by atoms with E-state index in [-0.39, 0.29) is 19.2 Å². The van der Waals surface area contributed by atoms with Crippen molar-refractivity contribution in [3.63, 3.8) is 0 Å². The van der Waals surface area contributed by atoms with E-state index in [0.717, 1.165) is 0 Å². The van der Waals surface area contributed by atoms with Gasteiger partial charge in [-0.05, 0) is 7.05 Å². The van der Waals surface area contributed by atoms with Crippen molar-refractivity contribution < 1.29 is 9.63 Å². The lowest BCUT2D eigenvalue weighted by molar-refractivity contribution is 0.242. The summed E-state index contributed by atoms with van der Waals surface area (Å²) in [7, 11) is 1.71. The highest BCUT2D eigenvalue weighted by molar-refractivity contribution is 4.93. The summed E-state index contributed by atoms with van der Waals surface area (Å²) in [5.74, 6) is 0.805. The fourth-order valence-electron chi connectivity index (χ4n) is 0.795. The molecule has 0 radical (unpaired) electrons. The van der Waals surface area contributed by atoms with Gasteiger partial charge in [-0.25, -0.2) is 0 Å². The second-order valence-corrected chi connectivity index (χ2v) is 2.27. The SMILES string of the molecule is CNC(CO)c1noc(CN)n1. The quantitative estimate of drug-likeness (QED) is 0.526. The van der Waals surface area contributed by atoms with E-state index in [1.807, 2.05) is 0 Å². The zero-order valence-corrected chi connectivity index (χ0v) is 6.82. The predicted octanol–water partition coefficient (Wildman–Crippen LogP) is -1.22. The Bertz CT molecular complexity index is 233. The summed E-state index contributed by atoms with van der Waals surface area (Å²) in [6, 6.07) is -0.283. The molecule has 0 saturated carbocycles. The van der Waals surface area contributed by atoms with Crippen LogP contribution in [0.15, 0.2) is 4.52 Å². The van der Waals surface area contributed by atoms with Crippen molar-refractivity contribution in [3.05, 3.63) is 11.7 Å². The van der Waals surface area contributed by atoms with Gasteiger partial charge in [0.1, 0.15) is 0 Å². The summed E-state index contributed by atoms with van der Waals surface area (Å²) >= 11 is 0. The van der Waals surface area contributed by atoms with E-state index in [9.17, 15) is 0 Å². The molecule has 1 aromatic heterocycles. The van der Waals surface area contributed by atoms with Gasteiger partial charge < -0.3 is 20.7 Å². The van der Waals surface area contributed by atoms with Crippen LogP contribution in [0.25, 0.3) is 0 Å². The van der Waals surface area contributed by atoms with Crippen LogP contribution >= 0.6 is 0 Å². The zero-order valence-electron chi connectivity index (χ0n) is 6.82. The molecule has 0 fully saturated rings. The molecule has 0 saturated heterocycles. The third-order valence-corrected chi connectivity index (χ3v) is 1.50. The van der Waals surface area contributed by atoms with Gasteiger partial charge in [-0.2, -0.15) is 4.98 Å². The van der Waals surface area contributed by atoms with Crippen LogP contribution in [0.3, 0.4) is 0 Å². The Morgan fingerprint density at radius 3 is 2.92 bits per heavy atom. The second-order valence-electron chi connectivity index (χ2n) is 2.27. The Hall–Kier alpha value is -0.980. The van der Waals surface area contributed by atoms with E-state index in [4.69, 9.17) is 15.4 Å². The molecule has 1 unspecified atom stereocenters. The Morgan fingerprint density at radius 2 is 2.50 bits per heavy atom. The van der Waals surface area contributed by atoms with Gasteiger partial charge in [0.05, 0.1) is 19.2 Å². The first-order valence-electron chi connectivity index (χ1n) is 3.62. The first-order chi connectivity index (χ1) is 5.81. The number of aliphatic hydroxyl groups excluding tert-OH is 1. The number of hydrogen-bond acceptors (Lipinski definition) is 6. The average Bonchev–Trinajstić information content (AvgIpc) is 2.55. The average molecular weight is 172 g/mol. The molecule has 0 aliphatic heterocycles. The Labute approximate surface area is 69.8 Å². The van der Waals surface area contributed by atoms with Gasteiger partial charge in [0.15, 0.2) is 5.82 Å². The smallest absolute Gasteiger partial charge is 0.240 e. The molecule has 1 rings (SSSR count). The van der Waals surface area contributed by atoms with Crippen LogP contribution in [0, 0.1) is 0 Å². The lowest BCUT2D eigenvalue weighted by atomic mass is 10.3. The number of likely N-dealkylation sites (N-methyl/N-ethyl adjacent to an activating group) is 1. The summed E-state index contributed by atoms with van der Waals surface area (Å²) in [5.41, 5.74) is 5.27. The minimum absolute atomic E-state index is 0.0694. The lowest BCUT2D eigenvalue weighted by Crippen LogP contribution is -2.21. The van der Waals surface area contributed by atoms with E-state index in [1.165, 1.54) is 0 Å². The maximum Gasteiger partial charge on any atom is 0.240 e. The number of hydrogen-bond donors (Lipinski definition) is 3. The van der Waals surface area contributed by atoms with Gasteiger partial charge in [0, 0.05) is 0 Å². The Kier molecular flexibility index (Phi) is 3.15. The van der Waals surface area contributed by atoms with Gasteiger partial charge in [0.2, 0.25) is 5.89 Å². The second kappa shape index (κ2) is 4.15. The lowest BCUT2D eigenvalue weighted by Gasteiger charge is -2.05. The number of aromatic nitrogens is 2. The summed E-state index contributed by atoms with van der Waals surface area (Å²) < 4.78 is 4.76. The maximum atomic E-state index is 8.85. The standard InChI is InChI=1S/C6H12N4O2/c1-8-4(3-11)6-9-5(2-7)12-10-6/h4,8,11H,2-3,7H2,1H3. The number of aliphatic hydroxyl groups is 1. The zero-order chi connectivity index (χ0) is 8.97. The molecule has 0 bridgehead atoms. The van der Waals surface area contributed by atoms with Crippen LogP contribution in [-0.2, 0) is 6.54 Å². The molecule has 12 heavy (non-hydrogen) atoms. The van der Waals surface area contributed by atoms with Crippen LogP contribution in [0.5, 0.6) is 0 Å². The molecule has 0 aromatic carbocycles. The molecule has 6 heteroatoms. The number of nitrogens with zero attached hydrogens (tertiary/aromatic N) is 2. The maximum absolute atomic E-state index is 8.85. The predicted molar refractivity (Wildman–Crippen MR) is 41.1 cm³/mol. The summed E-state index contributed by atoms with van der Waals surface area (Å²) in [6.45, 7) is 0.148. The van der Waals surface area contributed by atoms with E-state index in [1.54, 1.807) is 7.05 Å². The molecule has 0 aliphatic carbocycles. The molecular formula is C6H12N4O2. The molecule has 4 N–H and O–H groups in total. The molecule has 0 aliphatic rings. The van der Waals surface area contributed by atoms with Crippen LogP contribution < -0.4 is 11.1 Å². The molecule has 0 amide bonds. The van der Waals surface area contributed by atoms with Crippen molar-refractivity contribution in [1.29, 1.82) is 0 Å².